The molecule has 4 aromatic rings. The quantitative estimate of drug-likeness (QED) is 0.344. The summed E-state index contributed by atoms with van der Waals surface area (Å²) in [6, 6.07) is 20.5. The van der Waals surface area contributed by atoms with Gasteiger partial charge in [-0.05, 0) is 65.7 Å². The summed E-state index contributed by atoms with van der Waals surface area (Å²) in [4.78, 5) is 20.8. The van der Waals surface area contributed by atoms with Gasteiger partial charge in [-0.25, -0.2) is 19.2 Å². The topological polar surface area (TPSA) is 78.9 Å². The third-order valence-electron chi connectivity index (χ3n) is 4.32. The Morgan fingerprint density at radius 2 is 1.45 bits per heavy atom. The molecule has 154 valence electrons. The minimum absolute atomic E-state index is 0.0736. The normalized spacial score (nSPS) is 10.4. The van der Waals surface area contributed by atoms with Crippen LogP contribution in [0.5, 0.6) is 0 Å². The average Bonchev–Trinajstić information content (AvgIpc) is 2.77. The number of para-hydroxylation sites is 1. The van der Waals surface area contributed by atoms with Crippen molar-refractivity contribution in [2.24, 2.45) is 0 Å². The smallest absolute Gasteiger partial charge is 0.324 e. The van der Waals surface area contributed by atoms with Gasteiger partial charge in [-0.2, -0.15) is 0 Å². The first-order valence-electron chi connectivity index (χ1n) is 9.34. The van der Waals surface area contributed by atoms with Crippen molar-refractivity contribution in [1.29, 1.82) is 0 Å². The van der Waals surface area contributed by atoms with Crippen molar-refractivity contribution in [3.63, 3.8) is 0 Å². The second-order valence-electron chi connectivity index (χ2n) is 6.56. The third kappa shape index (κ3) is 5.34. The Morgan fingerprint density at radius 1 is 0.774 bits per heavy atom. The molecule has 8 heteroatoms. The lowest BCUT2D eigenvalue weighted by Crippen LogP contribution is -2.20. The molecule has 2 aromatic carbocycles. The SMILES string of the molecule is O=C(Nc1ccc(F)c(Cl)c1)Nc1cc(-c2ccnc(Nc3ccccc3)c2)ccn1. The van der Waals surface area contributed by atoms with Crippen LogP contribution in [-0.2, 0) is 0 Å². The van der Waals surface area contributed by atoms with Gasteiger partial charge in [0, 0.05) is 23.8 Å². The predicted molar refractivity (Wildman–Crippen MR) is 121 cm³/mol. The van der Waals surface area contributed by atoms with Gasteiger partial charge in [0.05, 0.1) is 5.02 Å². The van der Waals surface area contributed by atoms with Crippen LogP contribution in [0.1, 0.15) is 0 Å². The Bertz CT molecular complexity index is 1220. The number of hydrogen-bond donors (Lipinski definition) is 3. The van der Waals surface area contributed by atoms with E-state index in [2.05, 4.69) is 25.9 Å². The van der Waals surface area contributed by atoms with E-state index in [9.17, 15) is 9.18 Å². The molecule has 0 fully saturated rings. The van der Waals surface area contributed by atoms with Crippen molar-refractivity contribution >= 4 is 40.6 Å². The second-order valence-corrected chi connectivity index (χ2v) is 6.97. The number of halogens is 2. The summed E-state index contributed by atoms with van der Waals surface area (Å²) in [6.07, 6.45) is 3.31. The molecule has 0 aliphatic heterocycles. The number of hydrogen-bond acceptors (Lipinski definition) is 4. The standard InChI is InChI=1S/C23H17ClFN5O/c24-19-14-18(6-7-20(19)25)29-23(31)30-22-13-16(9-11-27-22)15-8-10-26-21(12-15)28-17-4-2-1-3-5-17/h1-14H,(H,26,28)(H2,27,29,30,31). The summed E-state index contributed by atoms with van der Waals surface area (Å²) in [5.74, 6) is 0.499. The average molecular weight is 434 g/mol. The zero-order chi connectivity index (χ0) is 21.6. The van der Waals surface area contributed by atoms with Crippen molar-refractivity contribution in [3.8, 4) is 11.1 Å². The fraction of sp³-hybridized carbons (Fsp3) is 0. The van der Waals surface area contributed by atoms with Gasteiger partial charge in [0.2, 0.25) is 0 Å². The maximum absolute atomic E-state index is 13.3. The Morgan fingerprint density at radius 3 is 2.16 bits per heavy atom. The van der Waals surface area contributed by atoms with Crippen LogP contribution in [0.3, 0.4) is 0 Å². The Kier molecular flexibility index (Phi) is 6.05. The van der Waals surface area contributed by atoms with Gasteiger partial charge in [-0.15, -0.1) is 0 Å². The molecule has 2 heterocycles. The van der Waals surface area contributed by atoms with Crippen LogP contribution >= 0.6 is 11.6 Å². The Labute approximate surface area is 183 Å². The van der Waals surface area contributed by atoms with Crippen LogP contribution in [-0.4, -0.2) is 16.0 Å². The van der Waals surface area contributed by atoms with Gasteiger partial charge >= 0.3 is 6.03 Å². The van der Waals surface area contributed by atoms with Crippen molar-refractivity contribution in [2.75, 3.05) is 16.0 Å². The van der Waals surface area contributed by atoms with Crippen molar-refractivity contribution in [1.82, 2.24) is 9.97 Å². The lowest BCUT2D eigenvalue weighted by molar-refractivity contribution is 0.262. The number of aromatic nitrogens is 2. The number of urea groups is 1. The van der Waals surface area contributed by atoms with E-state index in [-0.39, 0.29) is 5.02 Å². The Hall–Kier alpha value is -3.97. The van der Waals surface area contributed by atoms with E-state index < -0.39 is 11.8 Å². The lowest BCUT2D eigenvalue weighted by Gasteiger charge is -2.10. The summed E-state index contributed by atoms with van der Waals surface area (Å²) in [6.45, 7) is 0. The predicted octanol–water partition coefficient (Wildman–Crippen LogP) is 6.32. The van der Waals surface area contributed by atoms with Crippen LogP contribution < -0.4 is 16.0 Å². The zero-order valence-corrected chi connectivity index (χ0v) is 16.9. The number of nitrogens with zero attached hydrogens (tertiary/aromatic N) is 2. The molecule has 3 N–H and O–H groups in total. The van der Waals surface area contributed by atoms with Crippen LogP contribution in [0.4, 0.5) is 32.2 Å². The second kappa shape index (κ2) is 9.23. The highest BCUT2D eigenvalue weighted by Gasteiger charge is 2.08. The molecule has 31 heavy (non-hydrogen) atoms. The molecule has 2 aromatic heterocycles. The van der Waals surface area contributed by atoms with E-state index in [1.807, 2.05) is 48.5 Å². The van der Waals surface area contributed by atoms with E-state index in [0.717, 1.165) is 16.8 Å². The molecule has 0 bridgehead atoms. The van der Waals surface area contributed by atoms with Gasteiger partial charge in [-0.1, -0.05) is 29.8 Å². The van der Waals surface area contributed by atoms with Gasteiger partial charge < -0.3 is 10.6 Å². The van der Waals surface area contributed by atoms with Crippen molar-refractivity contribution < 1.29 is 9.18 Å². The molecule has 0 atom stereocenters. The molecular weight excluding hydrogens is 417 g/mol. The first kappa shape index (κ1) is 20.3. The summed E-state index contributed by atoms with van der Waals surface area (Å²) < 4.78 is 13.3. The first-order valence-corrected chi connectivity index (χ1v) is 9.72. The fourth-order valence-electron chi connectivity index (χ4n) is 2.88. The minimum Gasteiger partial charge on any atom is -0.340 e. The number of nitrogens with one attached hydrogen (secondary N) is 3. The minimum atomic E-state index is -0.555. The molecule has 0 saturated heterocycles. The molecular formula is C23H17ClFN5O. The lowest BCUT2D eigenvalue weighted by atomic mass is 10.1. The number of anilines is 4. The summed E-state index contributed by atoms with van der Waals surface area (Å²) in [5, 5.41) is 8.43. The number of carbonyl (C=O) groups is 1. The maximum atomic E-state index is 13.3. The van der Waals surface area contributed by atoms with Gasteiger partial charge in [0.25, 0.3) is 0 Å². The van der Waals surface area contributed by atoms with Crippen molar-refractivity contribution in [2.45, 2.75) is 0 Å². The molecule has 0 radical (unpaired) electrons. The zero-order valence-electron chi connectivity index (χ0n) is 16.1. The van der Waals surface area contributed by atoms with Crippen LogP contribution in [0.2, 0.25) is 5.02 Å². The molecule has 4 rings (SSSR count). The van der Waals surface area contributed by atoms with Gasteiger partial charge in [0.1, 0.15) is 17.5 Å². The van der Waals surface area contributed by atoms with E-state index in [0.29, 0.717) is 17.3 Å². The number of carbonyl (C=O) groups excluding carboxylic acids is 1. The van der Waals surface area contributed by atoms with Gasteiger partial charge in [-0.3, -0.25) is 5.32 Å². The number of rotatable bonds is 5. The Balaban J connectivity index is 1.47. The molecule has 0 aliphatic rings. The first-order chi connectivity index (χ1) is 15.1. The molecule has 0 spiro atoms. The molecule has 0 aliphatic carbocycles. The van der Waals surface area contributed by atoms with E-state index in [1.165, 1.54) is 18.2 Å². The highest BCUT2D eigenvalue weighted by Crippen LogP contribution is 2.25. The molecule has 2 amide bonds. The number of amides is 2. The number of benzene rings is 2. The highest BCUT2D eigenvalue weighted by atomic mass is 35.5. The van der Waals surface area contributed by atoms with Crippen molar-refractivity contribution in [3.05, 3.63) is 96.0 Å². The van der Waals surface area contributed by atoms with Gasteiger partial charge in [0.15, 0.2) is 0 Å². The van der Waals surface area contributed by atoms with E-state index in [1.54, 1.807) is 18.5 Å². The molecule has 0 unspecified atom stereocenters. The third-order valence-corrected chi connectivity index (χ3v) is 4.61. The highest BCUT2D eigenvalue weighted by molar-refractivity contribution is 6.31. The maximum Gasteiger partial charge on any atom is 0.324 e. The van der Waals surface area contributed by atoms with Crippen LogP contribution in [0.15, 0.2) is 85.2 Å². The molecule has 0 saturated carbocycles. The van der Waals surface area contributed by atoms with E-state index in [4.69, 9.17) is 11.6 Å². The van der Waals surface area contributed by atoms with Crippen LogP contribution in [0, 0.1) is 5.82 Å². The summed E-state index contributed by atoms with van der Waals surface area (Å²) >= 11 is 5.74. The summed E-state index contributed by atoms with van der Waals surface area (Å²) in [7, 11) is 0. The molecule has 6 nitrogen and oxygen atoms in total. The summed E-state index contributed by atoms with van der Waals surface area (Å²) in [5.41, 5.74) is 3.06. The van der Waals surface area contributed by atoms with Crippen LogP contribution in [0.25, 0.3) is 11.1 Å². The monoisotopic (exact) mass is 433 g/mol. The fourth-order valence-corrected chi connectivity index (χ4v) is 3.06. The largest absolute Gasteiger partial charge is 0.340 e. The number of pyridine rings is 2. The van der Waals surface area contributed by atoms with E-state index >= 15 is 0 Å².